The van der Waals surface area contributed by atoms with E-state index in [1.54, 1.807) is 6.07 Å². The molecule has 0 spiro atoms. The molecule has 6 rings (SSSR count). The summed E-state index contributed by atoms with van der Waals surface area (Å²) in [5.74, 6) is 0.298. The quantitative estimate of drug-likeness (QED) is 0.161. The van der Waals surface area contributed by atoms with E-state index in [4.69, 9.17) is 9.16 Å². The van der Waals surface area contributed by atoms with Gasteiger partial charge in [0.1, 0.15) is 11.0 Å². The summed E-state index contributed by atoms with van der Waals surface area (Å²) in [7, 11) is -6.19. The lowest BCUT2D eigenvalue weighted by Gasteiger charge is -2.43. The summed E-state index contributed by atoms with van der Waals surface area (Å²) >= 11 is 0. The maximum absolute atomic E-state index is 13.4. The lowest BCUT2D eigenvalue weighted by Crippen LogP contribution is -2.66. The van der Waals surface area contributed by atoms with Crippen molar-refractivity contribution >= 4 is 45.4 Å². The van der Waals surface area contributed by atoms with Gasteiger partial charge in [0.15, 0.2) is 9.84 Å². The van der Waals surface area contributed by atoms with E-state index in [9.17, 15) is 13.5 Å². The predicted octanol–water partition coefficient (Wildman–Crippen LogP) is 6.80. The summed E-state index contributed by atoms with van der Waals surface area (Å²) < 4.78 is 40.2. The van der Waals surface area contributed by atoms with Crippen LogP contribution in [-0.4, -0.2) is 52.2 Å². The van der Waals surface area contributed by atoms with E-state index in [2.05, 4.69) is 82.3 Å². The summed E-state index contributed by atoms with van der Waals surface area (Å²) in [5, 5.41) is 13.7. The first kappa shape index (κ1) is 31.5. The minimum absolute atomic E-state index is 0.0272. The lowest BCUT2D eigenvalue weighted by atomic mass is 9.96. The topological polar surface area (TPSA) is 72.8 Å². The number of fused-ring (bicyclic) bond motifs is 2. The lowest BCUT2D eigenvalue weighted by molar-refractivity contribution is 0.117. The zero-order chi connectivity index (χ0) is 31.8. The summed E-state index contributed by atoms with van der Waals surface area (Å²) in [6.45, 7) is 9.28. The van der Waals surface area contributed by atoms with Crippen LogP contribution in [0.5, 0.6) is 5.75 Å². The molecule has 1 fully saturated rings. The van der Waals surface area contributed by atoms with Crippen LogP contribution in [0.3, 0.4) is 0 Å². The number of benzene rings is 4. The van der Waals surface area contributed by atoms with E-state index >= 15 is 0 Å². The molecule has 1 N–H and O–H groups in total. The minimum Gasteiger partial charge on any atom is -0.507 e. The molecule has 0 aliphatic carbocycles. The molecule has 2 atom stereocenters. The van der Waals surface area contributed by atoms with Crippen molar-refractivity contribution in [1.29, 1.82) is 0 Å². The number of ether oxygens (including phenoxy) is 1. The van der Waals surface area contributed by atoms with Gasteiger partial charge in [-0.3, -0.25) is 0 Å². The summed E-state index contributed by atoms with van der Waals surface area (Å²) in [6, 6.07) is 32.4. The second-order valence-electron chi connectivity index (χ2n) is 13.4. The van der Waals surface area contributed by atoms with Crippen LogP contribution in [0.4, 0.5) is 0 Å². The first-order chi connectivity index (χ1) is 21.5. The Morgan fingerprint density at radius 1 is 0.911 bits per heavy atom. The van der Waals surface area contributed by atoms with Crippen molar-refractivity contribution in [2.75, 3.05) is 19.0 Å². The Kier molecular flexibility index (Phi) is 8.65. The fraction of sp³-hybridized carbons (Fsp3) is 0.316. The fourth-order valence-corrected chi connectivity index (χ4v) is 13.7. The Bertz CT molecular complexity index is 1820. The molecule has 0 bridgehead atoms. The third-order valence-electron chi connectivity index (χ3n) is 9.38. The van der Waals surface area contributed by atoms with Gasteiger partial charge in [0.2, 0.25) is 0 Å². The van der Waals surface area contributed by atoms with Gasteiger partial charge in [0.25, 0.3) is 8.32 Å². The van der Waals surface area contributed by atoms with E-state index in [-0.39, 0.29) is 35.9 Å². The third-order valence-corrected chi connectivity index (χ3v) is 16.4. The highest BCUT2D eigenvalue weighted by Gasteiger charge is 2.52. The monoisotopic (exact) mass is 638 g/mol. The van der Waals surface area contributed by atoms with E-state index in [0.717, 1.165) is 33.9 Å². The Morgan fingerprint density at radius 3 is 2.13 bits per heavy atom. The second-order valence-corrected chi connectivity index (χ2v) is 19.9. The molecule has 0 aromatic heterocycles. The van der Waals surface area contributed by atoms with Gasteiger partial charge >= 0.3 is 0 Å². The maximum Gasteiger partial charge on any atom is 0.261 e. The fourth-order valence-electron chi connectivity index (χ4n) is 7.22. The average Bonchev–Trinajstić information content (AvgIpc) is 3.57. The first-order valence-corrected chi connectivity index (χ1v) is 19.3. The largest absolute Gasteiger partial charge is 0.507 e. The Balaban J connectivity index is 1.29. The highest BCUT2D eigenvalue weighted by molar-refractivity contribution is 7.92. The number of hydrogen-bond donors (Lipinski definition) is 1. The molecule has 2 aliphatic heterocycles. The first-order valence-electron chi connectivity index (χ1n) is 15.7. The highest BCUT2D eigenvalue weighted by Crippen LogP contribution is 2.41. The minimum atomic E-state index is -3.36. The molecule has 0 unspecified atom stereocenters. The van der Waals surface area contributed by atoms with Gasteiger partial charge in [0.05, 0.1) is 25.1 Å². The molecule has 0 amide bonds. The molecule has 234 valence electrons. The van der Waals surface area contributed by atoms with Crippen LogP contribution in [-0.2, 0) is 19.0 Å². The number of sulfone groups is 1. The normalized spacial score (nSPS) is 20.1. The SMILES string of the molecule is C/C(=C\c1ccc(O)c2ccccc12)CC[C@H]1OC[C@H]2C1=C(CO[Si](c1ccccc1)(c1ccccc1)C(C)(C)C)CS2(=O)=O. The van der Waals surface area contributed by atoms with Gasteiger partial charge in [0, 0.05) is 5.39 Å². The van der Waals surface area contributed by atoms with Gasteiger partial charge in [-0.1, -0.05) is 123 Å². The third kappa shape index (κ3) is 5.95. The van der Waals surface area contributed by atoms with Crippen molar-refractivity contribution in [2.45, 2.75) is 56.9 Å². The standard InChI is InChI=1S/C38H42O5SSi/c1-27(23-28-20-21-34(39)33-18-12-11-17-32(28)33)19-22-35-37-29(26-44(40,41)36(37)25-42-35)24-43-45(38(2,3)4,30-13-7-5-8-14-30)31-15-9-6-10-16-31/h5-18,20-21,23,35-36,39H,19,22,24-26H2,1-4H3/b27-23+/t35-,36+/m1/s1. The van der Waals surface area contributed by atoms with Gasteiger partial charge in [-0.25, -0.2) is 8.42 Å². The molecular weight excluding hydrogens is 597 g/mol. The van der Waals surface area contributed by atoms with Crippen molar-refractivity contribution in [1.82, 2.24) is 0 Å². The highest BCUT2D eigenvalue weighted by atomic mass is 32.2. The molecule has 45 heavy (non-hydrogen) atoms. The molecule has 1 saturated heterocycles. The molecule has 5 nitrogen and oxygen atoms in total. The number of rotatable bonds is 9. The number of aromatic hydroxyl groups is 1. The number of hydrogen-bond acceptors (Lipinski definition) is 5. The number of phenolic OH excluding ortho intramolecular Hbond substituents is 1. The van der Waals surface area contributed by atoms with Crippen molar-refractivity contribution < 1.29 is 22.7 Å². The van der Waals surface area contributed by atoms with Crippen LogP contribution < -0.4 is 10.4 Å². The van der Waals surface area contributed by atoms with E-state index in [1.165, 1.54) is 15.9 Å². The van der Waals surface area contributed by atoms with Gasteiger partial charge < -0.3 is 14.3 Å². The molecule has 0 saturated carbocycles. The molecule has 2 heterocycles. The molecular formula is C38H42O5SSi. The van der Waals surface area contributed by atoms with Crippen LogP contribution in [0, 0.1) is 0 Å². The zero-order valence-corrected chi connectivity index (χ0v) is 28.3. The van der Waals surface area contributed by atoms with Crippen LogP contribution in [0.2, 0.25) is 5.04 Å². The summed E-state index contributed by atoms with van der Waals surface area (Å²) in [4.78, 5) is 0. The van der Waals surface area contributed by atoms with Crippen LogP contribution in [0.15, 0.2) is 114 Å². The van der Waals surface area contributed by atoms with Gasteiger partial charge in [-0.05, 0) is 63.3 Å². The molecule has 4 aromatic carbocycles. The summed E-state index contributed by atoms with van der Waals surface area (Å²) in [5.41, 5.74) is 4.00. The van der Waals surface area contributed by atoms with Crippen LogP contribution in [0.1, 0.15) is 46.1 Å². The average molecular weight is 639 g/mol. The Morgan fingerprint density at radius 2 is 1.51 bits per heavy atom. The van der Waals surface area contributed by atoms with Gasteiger partial charge in [-0.2, -0.15) is 0 Å². The van der Waals surface area contributed by atoms with Crippen molar-refractivity contribution in [3.05, 3.63) is 119 Å². The smallest absolute Gasteiger partial charge is 0.261 e. The van der Waals surface area contributed by atoms with E-state index < -0.39 is 23.4 Å². The van der Waals surface area contributed by atoms with Gasteiger partial charge in [-0.15, -0.1) is 0 Å². The molecule has 4 aromatic rings. The second kappa shape index (κ2) is 12.4. The van der Waals surface area contributed by atoms with Crippen molar-refractivity contribution in [3.8, 4) is 5.75 Å². The molecule has 2 aliphatic rings. The van der Waals surface area contributed by atoms with E-state index in [1.807, 2.05) is 42.5 Å². The van der Waals surface area contributed by atoms with Crippen molar-refractivity contribution in [2.24, 2.45) is 0 Å². The van der Waals surface area contributed by atoms with E-state index in [0.29, 0.717) is 6.42 Å². The number of allylic oxidation sites excluding steroid dienone is 1. The maximum atomic E-state index is 13.4. The predicted molar refractivity (Wildman–Crippen MR) is 186 cm³/mol. The van der Waals surface area contributed by atoms with Crippen LogP contribution >= 0.6 is 0 Å². The molecule has 0 radical (unpaired) electrons. The summed E-state index contributed by atoms with van der Waals surface area (Å²) in [6.07, 6.45) is 3.35. The zero-order valence-electron chi connectivity index (χ0n) is 26.5. The Hall–Kier alpha value is -3.49. The Labute approximate surface area is 268 Å². The molecule has 7 heteroatoms. The van der Waals surface area contributed by atoms with Crippen LogP contribution in [0.25, 0.3) is 16.8 Å². The van der Waals surface area contributed by atoms with Crippen molar-refractivity contribution in [3.63, 3.8) is 0 Å². The number of phenols is 1.